The highest BCUT2D eigenvalue weighted by atomic mass is 16.2. The van der Waals surface area contributed by atoms with E-state index in [2.05, 4.69) is 10.6 Å². The fourth-order valence-corrected chi connectivity index (χ4v) is 2.54. The van der Waals surface area contributed by atoms with E-state index in [0.717, 1.165) is 12.3 Å². The van der Waals surface area contributed by atoms with Gasteiger partial charge in [-0.25, -0.2) is 0 Å². The Bertz CT molecular complexity index is 312. The third-order valence-electron chi connectivity index (χ3n) is 4.04. The highest BCUT2D eigenvalue weighted by molar-refractivity contribution is 5.87. The number of hydrogen-bond donors (Lipinski definition) is 3. The van der Waals surface area contributed by atoms with Crippen molar-refractivity contribution >= 4 is 11.8 Å². The van der Waals surface area contributed by atoms with Crippen LogP contribution >= 0.6 is 0 Å². The van der Waals surface area contributed by atoms with Gasteiger partial charge in [-0.3, -0.25) is 9.59 Å². The predicted molar refractivity (Wildman–Crippen MR) is 80.0 cm³/mol. The normalized spacial score (nSPS) is 17.8. The third-order valence-corrected chi connectivity index (χ3v) is 4.04. The zero-order valence-electron chi connectivity index (χ0n) is 12.8. The Balaban J connectivity index is 2.09. The number of amides is 2. The maximum absolute atomic E-state index is 11.6. The standard InChI is InChI=1S/C15H29N3O2/c1-11(2)14(16)15(20)18-10-13(19)17-9-8-12-6-4-3-5-7-12/h11-12,14H,3-10,16H2,1-2H3,(H,17,19)(H,18,20)/t14-/m0/s1. The number of nitrogens with one attached hydrogen (secondary N) is 2. The van der Waals surface area contributed by atoms with E-state index in [1.54, 1.807) is 0 Å². The van der Waals surface area contributed by atoms with Crippen LogP contribution in [0.15, 0.2) is 0 Å². The summed E-state index contributed by atoms with van der Waals surface area (Å²) in [4.78, 5) is 23.2. The average molecular weight is 283 g/mol. The molecule has 1 aliphatic carbocycles. The van der Waals surface area contributed by atoms with Crippen LogP contribution in [0.4, 0.5) is 0 Å². The van der Waals surface area contributed by atoms with Gasteiger partial charge in [-0.1, -0.05) is 46.0 Å². The zero-order chi connectivity index (χ0) is 15.0. The second-order valence-electron chi connectivity index (χ2n) is 6.13. The first-order valence-corrected chi connectivity index (χ1v) is 7.80. The molecule has 0 unspecified atom stereocenters. The van der Waals surface area contributed by atoms with Gasteiger partial charge < -0.3 is 16.4 Å². The molecule has 2 amide bonds. The predicted octanol–water partition coefficient (Wildman–Crippen LogP) is 1.17. The smallest absolute Gasteiger partial charge is 0.239 e. The average Bonchev–Trinajstić information content (AvgIpc) is 2.45. The van der Waals surface area contributed by atoms with E-state index in [9.17, 15) is 9.59 Å². The molecule has 5 heteroatoms. The maximum atomic E-state index is 11.6. The van der Waals surface area contributed by atoms with Gasteiger partial charge in [0.25, 0.3) is 0 Å². The molecule has 1 aliphatic rings. The van der Waals surface area contributed by atoms with Crippen molar-refractivity contribution in [2.45, 2.75) is 58.4 Å². The highest BCUT2D eigenvalue weighted by Crippen LogP contribution is 2.25. The molecule has 0 radical (unpaired) electrons. The van der Waals surface area contributed by atoms with E-state index in [-0.39, 0.29) is 24.3 Å². The van der Waals surface area contributed by atoms with Gasteiger partial charge in [-0.15, -0.1) is 0 Å². The summed E-state index contributed by atoms with van der Waals surface area (Å²) < 4.78 is 0. The SMILES string of the molecule is CC(C)[C@H](N)C(=O)NCC(=O)NCCC1CCCCC1. The molecule has 1 saturated carbocycles. The molecule has 0 aromatic carbocycles. The van der Waals surface area contributed by atoms with Crippen LogP contribution in [0, 0.1) is 11.8 Å². The van der Waals surface area contributed by atoms with Crippen molar-refractivity contribution in [2.24, 2.45) is 17.6 Å². The minimum Gasteiger partial charge on any atom is -0.355 e. The molecule has 0 aliphatic heterocycles. The molecule has 20 heavy (non-hydrogen) atoms. The molecule has 0 saturated heterocycles. The van der Waals surface area contributed by atoms with Gasteiger partial charge in [0.15, 0.2) is 0 Å². The summed E-state index contributed by atoms with van der Waals surface area (Å²) in [6.45, 7) is 4.49. The quantitative estimate of drug-likeness (QED) is 0.656. The first-order valence-electron chi connectivity index (χ1n) is 7.80. The van der Waals surface area contributed by atoms with E-state index in [1.807, 2.05) is 13.8 Å². The van der Waals surface area contributed by atoms with Gasteiger partial charge in [0.2, 0.25) is 11.8 Å². The van der Waals surface area contributed by atoms with Crippen molar-refractivity contribution in [1.82, 2.24) is 10.6 Å². The van der Waals surface area contributed by atoms with Crippen molar-refractivity contribution in [3.63, 3.8) is 0 Å². The molecule has 0 aromatic heterocycles. The van der Waals surface area contributed by atoms with Crippen molar-refractivity contribution < 1.29 is 9.59 Å². The Labute approximate surface area is 122 Å². The first-order chi connectivity index (χ1) is 9.50. The van der Waals surface area contributed by atoms with Crippen LogP contribution in [0.5, 0.6) is 0 Å². The van der Waals surface area contributed by atoms with Crippen LogP contribution in [-0.4, -0.2) is 30.9 Å². The summed E-state index contributed by atoms with van der Waals surface area (Å²) in [5.74, 6) is 0.435. The molecular formula is C15H29N3O2. The van der Waals surface area contributed by atoms with Gasteiger partial charge in [0.05, 0.1) is 12.6 Å². The van der Waals surface area contributed by atoms with Crippen LogP contribution < -0.4 is 16.4 Å². The molecule has 1 fully saturated rings. The number of carbonyl (C=O) groups is 2. The summed E-state index contributed by atoms with van der Waals surface area (Å²) in [6, 6.07) is -0.551. The largest absolute Gasteiger partial charge is 0.355 e. The minimum atomic E-state index is -0.551. The summed E-state index contributed by atoms with van der Waals surface area (Å²) >= 11 is 0. The first kappa shape index (κ1) is 17.0. The van der Waals surface area contributed by atoms with Crippen molar-refractivity contribution in [2.75, 3.05) is 13.1 Å². The Hall–Kier alpha value is -1.10. The molecule has 0 spiro atoms. The lowest BCUT2D eigenvalue weighted by molar-refractivity contribution is -0.127. The van der Waals surface area contributed by atoms with Crippen molar-refractivity contribution in [1.29, 1.82) is 0 Å². The van der Waals surface area contributed by atoms with Crippen LogP contribution in [-0.2, 0) is 9.59 Å². The maximum Gasteiger partial charge on any atom is 0.239 e. The monoisotopic (exact) mass is 283 g/mol. The van der Waals surface area contributed by atoms with Crippen molar-refractivity contribution in [3.05, 3.63) is 0 Å². The summed E-state index contributed by atoms with van der Waals surface area (Å²) in [5.41, 5.74) is 5.70. The van der Waals surface area contributed by atoms with E-state index in [1.165, 1.54) is 32.1 Å². The molecule has 0 bridgehead atoms. The molecule has 1 atom stereocenters. The number of rotatable bonds is 7. The third kappa shape index (κ3) is 6.37. The van der Waals surface area contributed by atoms with E-state index < -0.39 is 6.04 Å². The van der Waals surface area contributed by atoms with Crippen LogP contribution in [0.25, 0.3) is 0 Å². The van der Waals surface area contributed by atoms with E-state index in [4.69, 9.17) is 5.73 Å². The van der Waals surface area contributed by atoms with Gasteiger partial charge in [0.1, 0.15) is 0 Å². The lowest BCUT2D eigenvalue weighted by Crippen LogP contribution is -2.47. The lowest BCUT2D eigenvalue weighted by Gasteiger charge is -2.21. The second kappa shape index (κ2) is 8.95. The number of nitrogens with two attached hydrogens (primary N) is 1. The van der Waals surface area contributed by atoms with Gasteiger partial charge in [-0.05, 0) is 18.3 Å². The number of hydrogen-bond acceptors (Lipinski definition) is 3. The molecule has 5 nitrogen and oxygen atoms in total. The van der Waals surface area contributed by atoms with Gasteiger partial charge >= 0.3 is 0 Å². The topological polar surface area (TPSA) is 84.2 Å². The fraction of sp³-hybridized carbons (Fsp3) is 0.867. The van der Waals surface area contributed by atoms with Crippen LogP contribution in [0.2, 0.25) is 0 Å². The van der Waals surface area contributed by atoms with Gasteiger partial charge in [-0.2, -0.15) is 0 Å². The Morgan fingerprint density at radius 2 is 1.80 bits per heavy atom. The van der Waals surface area contributed by atoms with Crippen LogP contribution in [0.1, 0.15) is 52.4 Å². The molecule has 116 valence electrons. The molecule has 0 heterocycles. The Kier molecular flexibility index (Phi) is 7.59. The van der Waals surface area contributed by atoms with Gasteiger partial charge in [0, 0.05) is 6.54 Å². The fourth-order valence-electron chi connectivity index (χ4n) is 2.54. The minimum absolute atomic E-state index is 0.0178. The summed E-state index contributed by atoms with van der Waals surface area (Å²) in [6.07, 6.45) is 7.62. The zero-order valence-corrected chi connectivity index (χ0v) is 12.8. The molecular weight excluding hydrogens is 254 g/mol. The summed E-state index contributed by atoms with van der Waals surface area (Å²) in [5, 5.41) is 5.43. The molecule has 1 rings (SSSR count). The molecule has 0 aromatic rings. The number of carbonyl (C=O) groups excluding carboxylic acids is 2. The Morgan fingerprint density at radius 3 is 2.40 bits per heavy atom. The molecule has 4 N–H and O–H groups in total. The van der Waals surface area contributed by atoms with E-state index in [0.29, 0.717) is 6.54 Å². The second-order valence-corrected chi connectivity index (χ2v) is 6.13. The summed E-state index contributed by atoms with van der Waals surface area (Å²) in [7, 11) is 0. The van der Waals surface area contributed by atoms with E-state index >= 15 is 0 Å². The Morgan fingerprint density at radius 1 is 1.15 bits per heavy atom. The lowest BCUT2D eigenvalue weighted by atomic mass is 9.87. The van der Waals surface area contributed by atoms with Crippen molar-refractivity contribution in [3.8, 4) is 0 Å². The van der Waals surface area contributed by atoms with Crippen LogP contribution in [0.3, 0.4) is 0 Å². The highest BCUT2D eigenvalue weighted by Gasteiger charge is 2.17.